The van der Waals surface area contributed by atoms with Crippen molar-refractivity contribution in [1.29, 1.82) is 5.41 Å². The van der Waals surface area contributed by atoms with Gasteiger partial charge in [-0.2, -0.15) is 5.10 Å². The second-order valence-electron chi connectivity index (χ2n) is 10.1. The van der Waals surface area contributed by atoms with E-state index in [0.29, 0.717) is 43.5 Å². The number of rotatable bonds is 12. The molecule has 1 aromatic heterocycles. The quantitative estimate of drug-likeness (QED) is 0.141. The van der Waals surface area contributed by atoms with Crippen molar-refractivity contribution in [3.8, 4) is 22.6 Å². The number of esters is 1. The fourth-order valence-corrected chi connectivity index (χ4v) is 5.35. The largest absolute Gasteiger partial charge is 0.495 e. The van der Waals surface area contributed by atoms with E-state index in [0.717, 1.165) is 45.3 Å². The maximum atomic E-state index is 12.4. The highest BCUT2D eigenvalue weighted by atomic mass is 16.5. The molecule has 42 heavy (non-hydrogen) atoms. The summed E-state index contributed by atoms with van der Waals surface area (Å²) in [6.45, 7) is 3.99. The number of benzene rings is 3. The van der Waals surface area contributed by atoms with Gasteiger partial charge in [0.05, 0.1) is 50.5 Å². The minimum atomic E-state index is -0.320. The number of nitrogens with zero attached hydrogens (tertiary/aromatic N) is 2. The third-order valence-electron chi connectivity index (χ3n) is 7.29. The number of methoxy groups -OCH3 is 2. The first-order chi connectivity index (χ1) is 20.4. The van der Waals surface area contributed by atoms with Crippen LogP contribution in [0.1, 0.15) is 41.8 Å². The lowest BCUT2D eigenvalue weighted by Crippen LogP contribution is -2.12. The molecule has 1 unspecified atom stereocenters. The summed E-state index contributed by atoms with van der Waals surface area (Å²) in [6.07, 6.45) is 0.962. The maximum Gasteiger partial charge on any atom is 0.310 e. The Morgan fingerprint density at radius 3 is 2.71 bits per heavy atom. The molecule has 1 atom stereocenters. The van der Waals surface area contributed by atoms with Gasteiger partial charge in [0, 0.05) is 30.2 Å². The molecular weight excluding hydrogens is 536 g/mol. The lowest BCUT2D eigenvalue weighted by Gasteiger charge is -2.14. The lowest BCUT2D eigenvalue weighted by atomic mass is 9.99. The average Bonchev–Trinajstić information content (AvgIpc) is 3.64. The molecule has 0 saturated carbocycles. The summed E-state index contributed by atoms with van der Waals surface area (Å²) in [5.74, 6) is 0.743. The first-order valence-corrected chi connectivity index (χ1v) is 13.9. The number of hydrogen-bond donors (Lipinski definition) is 2. The van der Waals surface area contributed by atoms with Gasteiger partial charge in [-0.1, -0.05) is 24.3 Å². The Morgan fingerprint density at radius 1 is 1.14 bits per heavy atom. The second-order valence-corrected chi connectivity index (χ2v) is 10.1. The van der Waals surface area contributed by atoms with Gasteiger partial charge < -0.3 is 29.4 Å². The van der Waals surface area contributed by atoms with Crippen molar-refractivity contribution in [3.05, 3.63) is 77.0 Å². The topological polar surface area (TPSA) is 131 Å². The van der Waals surface area contributed by atoms with Crippen molar-refractivity contribution >= 4 is 22.7 Å². The monoisotopic (exact) mass is 572 g/mol. The Hall–Kier alpha value is -4.41. The van der Waals surface area contributed by atoms with Crippen LogP contribution in [-0.4, -0.2) is 55.6 Å². The Bertz CT molecular complexity index is 1590. The van der Waals surface area contributed by atoms with Gasteiger partial charge in [0.1, 0.15) is 29.6 Å². The van der Waals surface area contributed by atoms with Gasteiger partial charge in [-0.25, -0.2) is 0 Å². The van der Waals surface area contributed by atoms with Crippen LogP contribution in [0, 0.1) is 5.41 Å². The van der Waals surface area contributed by atoms with Crippen LogP contribution in [-0.2, 0) is 38.6 Å². The average molecular weight is 573 g/mol. The number of fused-ring (bicyclic) bond motifs is 1. The van der Waals surface area contributed by atoms with Crippen LogP contribution in [0.5, 0.6) is 11.5 Å². The van der Waals surface area contributed by atoms with E-state index < -0.39 is 0 Å². The van der Waals surface area contributed by atoms with E-state index in [1.165, 1.54) is 0 Å². The minimum absolute atomic E-state index is 0.0620. The number of nitrogens with one attached hydrogen (secondary N) is 1. The zero-order valence-electron chi connectivity index (χ0n) is 24.1. The van der Waals surface area contributed by atoms with Gasteiger partial charge in [-0.3, -0.25) is 14.9 Å². The van der Waals surface area contributed by atoms with Crippen LogP contribution in [0.4, 0.5) is 0 Å². The summed E-state index contributed by atoms with van der Waals surface area (Å²) >= 11 is 0. The highest BCUT2D eigenvalue weighted by Gasteiger charge is 2.24. The van der Waals surface area contributed by atoms with Crippen molar-refractivity contribution in [2.45, 2.75) is 39.0 Å². The molecule has 3 N–H and O–H groups in total. The van der Waals surface area contributed by atoms with E-state index in [1.54, 1.807) is 27.2 Å². The van der Waals surface area contributed by atoms with Crippen LogP contribution < -0.4 is 15.2 Å². The molecule has 4 aromatic rings. The summed E-state index contributed by atoms with van der Waals surface area (Å²) in [5, 5.41) is 13.9. The normalized spacial score (nSPS) is 14.7. The zero-order valence-corrected chi connectivity index (χ0v) is 24.1. The van der Waals surface area contributed by atoms with Crippen molar-refractivity contribution in [3.63, 3.8) is 0 Å². The summed E-state index contributed by atoms with van der Waals surface area (Å²) in [7, 11) is 3.21. The molecule has 0 spiro atoms. The zero-order chi connectivity index (χ0) is 29.6. The lowest BCUT2D eigenvalue weighted by molar-refractivity contribution is -0.142. The number of carbonyl (C=O) groups excluding carboxylic acids is 1. The third kappa shape index (κ3) is 6.09. The Morgan fingerprint density at radius 2 is 2.00 bits per heavy atom. The molecule has 10 nitrogen and oxygen atoms in total. The third-order valence-corrected chi connectivity index (χ3v) is 7.29. The number of hydrogen-bond acceptors (Lipinski definition) is 8. The molecule has 2 heterocycles. The number of carbonyl (C=O) groups is 1. The smallest absolute Gasteiger partial charge is 0.310 e. The summed E-state index contributed by atoms with van der Waals surface area (Å²) in [6, 6.07) is 17.5. The molecule has 1 aliphatic rings. The predicted octanol–water partition coefficient (Wildman–Crippen LogP) is 4.79. The Balaban J connectivity index is 1.54. The van der Waals surface area contributed by atoms with Crippen molar-refractivity contribution in [2.24, 2.45) is 5.73 Å². The highest BCUT2D eigenvalue weighted by molar-refractivity contribution is 6.00. The molecule has 220 valence electrons. The van der Waals surface area contributed by atoms with E-state index in [9.17, 15) is 4.79 Å². The summed E-state index contributed by atoms with van der Waals surface area (Å²) < 4.78 is 30.2. The molecule has 0 radical (unpaired) electrons. The van der Waals surface area contributed by atoms with E-state index >= 15 is 0 Å². The molecule has 1 aliphatic heterocycles. The fourth-order valence-electron chi connectivity index (χ4n) is 5.35. The molecule has 0 aliphatic carbocycles. The number of para-hydroxylation sites is 1. The number of nitrogens with two attached hydrogens (primary N) is 1. The number of amidine groups is 1. The SMILES string of the molecule is CCOC(=O)Cc1cc(COC)ccc1OCc1nn(C2CCOC2)c2ccc(-c3cccc(C(=N)N)c3OC)cc12. The molecule has 5 rings (SSSR count). The standard InChI is InChI=1S/C32H36N4O6/c1-4-41-30(37)16-22-14-20(17-38-2)8-11-29(22)42-19-27-26-15-21(24-6-5-7-25(32(33)34)31(24)39-3)9-10-28(26)36(35-27)23-12-13-40-18-23/h5-11,14-15,23H,4,12-13,16-19H2,1-3H3,(H3,33,34). The predicted molar refractivity (Wildman–Crippen MR) is 159 cm³/mol. The van der Waals surface area contributed by atoms with Crippen LogP contribution in [0.25, 0.3) is 22.0 Å². The van der Waals surface area contributed by atoms with Gasteiger partial charge in [0.25, 0.3) is 0 Å². The summed E-state index contributed by atoms with van der Waals surface area (Å²) in [5.41, 5.74) is 11.5. The van der Waals surface area contributed by atoms with Crippen LogP contribution in [0.3, 0.4) is 0 Å². The number of ether oxygens (including phenoxy) is 5. The van der Waals surface area contributed by atoms with E-state index in [-0.39, 0.29) is 30.9 Å². The maximum absolute atomic E-state index is 12.4. The van der Waals surface area contributed by atoms with Crippen molar-refractivity contribution in [1.82, 2.24) is 9.78 Å². The molecular formula is C32H36N4O6. The van der Waals surface area contributed by atoms with E-state index in [4.69, 9.17) is 39.9 Å². The van der Waals surface area contributed by atoms with Gasteiger partial charge in [0.15, 0.2) is 0 Å². The molecule has 0 bridgehead atoms. The van der Waals surface area contributed by atoms with Crippen LogP contribution >= 0.6 is 0 Å². The molecule has 3 aromatic carbocycles. The van der Waals surface area contributed by atoms with Gasteiger partial charge in [0.2, 0.25) is 0 Å². The first kappa shape index (κ1) is 29.1. The molecule has 10 heteroatoms. The molecule has 0 amide bonds. The van der Waals surface area contributed by atoms with Crippen LogP contribution in [0.2, 0.25) is 0 Å². The van der Waals surface area contributed by atoms with Gasteiger partial charge >= 0.3 is 5.97 Å². The second kappa shape index (κ2) is 13.1. The first-order valence-electron chi connectivity index (χ1n) is 13.9. The van der Waals surface area contributed by atoms with Crippen LogP contribution in [0.15, 0.2) is 54.6 Å². The van der Waals surface area contributed by atoms with Gasteiger partial charge in [-0.15, -0.1) is 0 Å². The Labute approximate surface area is 244 Å². The highest BCUT2D eigenvalue weighted by Crippen LogP contribution is 2.36. The molecule has 1 fully saturated rings. The van der Waals surface area contributed by atoms with E-state index in [1.807, 2.05) is 47.1 Å². The Kier molecular flexibility index (Phi) is 9.04. The number of aromatic nitrogens is 2. The molecule has 1 saturated heterocycles. The van der Waals surface area contributed by atoms with Crippen molar-refractivity contribution in [2.75, 3.05) is 34.0 Å². The van der Waals surface area contributed by atoms with E-state index in [2.05, 4.69) is 6.07 Å². The minimum Gasteiger partial charge on any atom is -0.495 e. The summed E-state index contributed by atoms with van der Waals surface area (Å²) in [4.78, 5) is 12.4. The fraction of sp³-hybridized carbons (Fsp3) is 0.344. The van der Waals surface area contributed by atoms with Gasteiger partial charge in [-0.05, 0) is 54.8 Å². The number of nitrogen functional groups attached to an aromatic ring is 1. The van der Waals surface area contributed by atoms with Crippen molar-refractivity contribution < 1.29 is 28.5 Å².